The fourth-order valence-corrected chi connectivity index (χ4v) is 5.98. The van der Waals surface area contributed by atoms with Gasteiger partial charge in [0.15, 0.2) is 0 Å². The number of rotatable bonds is 8. The first-order valence-corrected chi connectivity index (χ1v) is 12.6. The molecule has 0 saturated heterocycles. The van der Waals surface area contributed by atoms with Gasteiger partial charge in [0.1, 0.15) is 12.0 Å². The van der Waals surface area contributed by atoms with Gasteiger partial charge >= 0.3 is 0 Å². The molecule has 0 radical (unpaired) electrons. The molecule has 1 atom stereocenters. The Kier molecular flexibility index (Phi) is 6.16. The van der Waals surface area contributed by atoms with E-state index >= 15 is 0 Å². The number of fused-ring (bicyclic) bond motifs is 1. The van der Waals surface area contributed by atoms with E-state index in [1.807, 2.05) is 0 Å². The summed E-state index contributed by atoms with van der Waals surface area (Å²) in [6, 6.07) is 16.6. The molecule has 4 heteroatoms. The second-order valence-corrected chi connectivity index (χ2v) is 10.1. The number of hydrogen-bond acceptors (Lipinski definition) is 4. The van der Waals surface area contributed by atoms with Crippen LogP contribution in [0.4, 0.5) is 0 Å². The summed E-state index contributed by atoms with van der Waals surface area (Å²) < 4.78 is 6.13. The molecule has 1 heterocycles. The Morgan fingerprint density at radius 1 is 1.16 bits per heavy atom. The molecule has 0 aliphatic heterocycles. The van der Waals surface area contributed by atoms with Crippen LogP contribution in [0.25, 0.3) is 11.1 Å². The summed E-state index contributed by atoms with van der Waals surface area (Å²) in [5, 5.41) is 4.33. The summed E-state index contributed by atoms with van der Waals surface area (Å²) in [5.74, 6) is 1.25. The largest absolute Gasteiger partial charge is 0.493 e. The van der Waals surface area contributed by atoms with Crippen molar-refractivity contribution in [2.24, 2.45) is 5.92 Å². The number of nitrogens with zero attached hydrogens (tertiary/aromatic N) is 1. The van der Waals surface area contributed by atoms with Crippen LogP contribution in [-0.4, -0.2) is 30.9 Å². The van der Waals surface area contributed by atoms with Crippen LogP contribution in [-0.2, 0) is 17.6 Å². The standard InChI is InChI=1S/C28H31NO2S/c1-19-13-20(3-6-26(19)23-10-12-32-18-23)9-11-31-25-5-7-27-22(16-25)4-8-28(27)29(2)24-14-21(15-24)17-30/h3,5-7,10,12-13,16-18,21,24,28H,4,8-9,11,14-15H2,1-2H3. The van der Waals surface area contributed by atoms with Gasteiger partial charge in [0, 0.05) is 24.4 Å². The van der Waals surface area contributed by atoms with Gasteiger partial charge in [-0.15, -0.1) is 0 Å². The number of aldehydes is 1. The van der Waals surface area contributed by atoms with E-state index in [0.29, 0.717) is 18.7 Å². The highest BCUT2D eigenvalue weighted by molar-refractivity contribution is 7.08. The van der Waals surface area contributed by atoms with Crippen LogP contribution in [0.5, 0.6) is 5.75 Å². The molecule has 1 unspecified atom stereocenters. The average molecular weight is 446 g/mol. The predicted molar refractivity (Wildman–Crippen MR) is 132 cm³/mol. The van der Waals surface area contributed by atoms with Crippen LogP contribution in [0.3, 0.4) is 0 Å². The monoisotopic (exact) mass is 445 g/mol. The third-order valence-corrected chi connectivity index (χ3v) is 8.04. The molecule has 2 aromatic carbocycles. The maximum atomic E-state index is 10.9. The van der Waals surface area contributed by atoms with Crippen LogP contribution >= 0.6 is 11.3 Å². The Labute approximate surface area is 195 Å². The normalized spacial score (nSPS) is 21.9. The lowest BCUT2D eigenvalue weighted by Crippen LogP contribution is -2.44. The van der Waals surface area contributed by atoms with Crippen molar-refractivity contribution in [3.8, 4) is 16.9 Å². The molecule has 166 valence electrons. The molecule has 32 heavy (non-hydrogen) atoms. The summed E-state index contributed by atoms with van der Waals surface area (Å²) in [6.07, 6.45) is 6.33. The molecule has 1 aromatic heterocycles. The van der Waals surface area contributed by atoms with Crippen molar-refractivity contribution in [1.29, 1.82) is 0 Å². The maximum absolute atomic E-state index is 10.9. The van der Waals surface area contributed by atoms with Crippen LogP contribution < -0.4 is 4.74 Å². The van der Waals surface area contributed by atoms with Gasteiger partial charge in [-0.1, -0.05) is 24.3 Å². The van der Waals surface area contributed by atoms with Crippen molar-refractivity contribution in [3.05, 3.63) is 75.5 Å². The second-order valence-electron chi connectivity index (χ2n) is 9.36. The molecule has 0 bridgehead atoms. The van der Waals surface area contributed by atoms with Gasteiger partial charge in [0.25, 0.3) is 0 Å². The molecule has 1 saturated carbocycles. The zero-order chi connectivity index (χ0) is 22.1. The molecule has 3 aromatic rings. The number of hydrogen-bond donors (Lipinski definition) is 0. The minimum Gasteiger partial charge on any atom is -0.493 e. The highest BCUT2D eigenvalue weighted by Gasteiger charge is 2.37. The molecule has 0 amide bonds. The van der Waals surface area contributed by atoms with E-state index in [9.17, 15) is 4.79 Å². The predicted octanol–water partition coefficient (Wildman–Crippen LogP) is 6.24. The van der Waals surface area contributed by atoms with E-state index in [1.165, 1.54) is 33.4 Å². The SMILES string of the molecule is Cc1cc(CCOc2ccc3c(c2)CCC3N(C)C2CC(C=O)C2)ccc1-c1ccsc1. The average Bonchev–Trinajstić information content (AvgIpc) is 3.43. The first kappa shape index (κ1) is 21.4. The summed E-state index contributed by atoms with van der Waals surface area (Å²) >= 11 is 1.74. The molecule has 5 rings (SSSR count). The van der Waals surface area contributed by atoms with Crippen LogP contribution in [0.1, 0.15) is 47.6 Å². The van der Waals surface area contributed by atoms with E-state index in [-0.39, 0.29) is 5.92 Å². The molecular formula is C28H31NO2S. The third kappa shape index (κ3) is 4.26. The lowest BCUT2D eigenvalue weighted by molar-refractivity contribution is -0.115. The first-order valence-electron chi connectivity index (χ1n) is 11.7. The zero-order valence-electron chi connectivity index (χ0n) is 18.9. The number of carbonyl (C=O) groups excluding carboxylic acids is 1. The summed E-state index contributed by atoms with van der Waals surface area (Å²) in [7, 11) is 2.22. The third-order valence-electron chi connectivity index (χ3n) is 7.35. The summed E-state index contributed by atoms with van der Waals surface area (Å²) in [4.78, 5) is 13.4. The van der Waals surface area contributed by atoms with Crippen molar-refractivity contribution < 1.29 is 9.53 Å². The number of ether oxygens (including phenoxy) is 1. The Morgan fingerprint density at radius 2 is 2.03 bits per heavy atom. The van der Waals surface area contributed by atoms with E-state index in [1.54, 1.807) is 11.3 Å². The van der Waals surface area contributed by atoms with Gasteiger partial charge < -0.3 is 9.53 Å². The molecule has 1 fully saturated rings. The Morgan fingerprint density at radius 3 is 2.78 bits per heavy atom. The van der Waals surface area contributed by atoms with Gasteiger partial charge in [-0.05, 0) is 102 Å². The second kappa shape index (κ2) is 9.21. The van der Waals surface area contributed by atoms with E-state index in [0.717, 1.165) is 44.1 Å². The van der Waals surface area contributed by atoms with Crippen LogP contribution in [0.2, 0.25) is 0 Å². The van der Waals surface area contributed by atoms with E-state index < -0.39 is 0 Å². The number of aryl methyl sites for hydroxylation is 2. The number of benzene rings is 2. The molecule has 0 N–H and O–H groups in total. The maximum Gasteiger partial charge on any atom is 0.123 e. The lowest BCUT2D eigenvalue weighted by atomic mass is 9.80. The number of thiophene rings is 1. The van der Waals surface area contributed by atoms with Gasteiger partial charge in [0.2, 0.25) is 0 Å². The van der Waals surface area contributed by atoms with E-state index in [2.05, 4.69) is 72.1 Å². The Hall–Kier alpha value is -2.43. The highest BCUT2D eigenvalue weighted by atomic mass is 32.1. The van der Waals surface area contributed by atoms with Crippen molar-refractivity contribution in [3.63, 3.8) is 0 Å². The van der Waals surface area contributed by atoms with Crippen molar-refractivity contribution in [2.45, 2.75) is 51.1 Å². The fraction of sp³-hybridized carbons (Fsp3) is 0.393. The first-order chi connectivity index (χ1) is 15.6. The zero-order valence-corrected chi connectivity index (χ0v) is 19.7. The molecule has 0 spiro atoms. The van der Waals surface area contributed by atoms with Crippen molar-refractivity contribution >= 4 is 17.6 Å². The molecule has 2 aliphatic rings. The molecule has 3 nitrogen and oxygen atoms in total. The smallest absolute Gasteiger partial charge is 0.123 e. The summed E-state index contributed by atoms with van der Waals surface area (Å²) in [5.41, 5.74) is 8.12. The highest BCUT2D eigenvalue weighted by Crippen LogP contribution is 2.41. The van der Waals surface area contributed by atoms with Crippen LogP contribution in [0.15, 0.2) is 53.2 Å². The lowest BCUT2D eigenvalue weighted by Gasteiger charge is -2.42. The topological polar surface area (TPSA) is 29.5 Å². The van der Waals surface area contributed by atoms with Gasteiger partial charge in [-0.2, -0.15) is 11.3 Å². The number of carbonyl (C=O) groups is 1. The van der Waals surface area contributed by atoms with Gasteiger partial charge in [0.05, 0.1) is 6.61 Å². The van der Waals surface area contributed by atoms with Gasteiger partial charge in [-0.25, -0.2) is 0 Å². The summed E-state index contributed by atoms with van der Waals surface area (Å²) in [6.45, 7) is 2.88. The quantitative estimate of drug-likeness (QED) is 0.384. The molecule has 2 aliphatic carbocycles. The minimum atomic E-state index is 0.273. The van der Waals surface area contributed by atoms with E-state index in [4.69, 9.17) is 4.74 Å². The Bertz CT molecular complexity index is 1080. The fourth-order valence-electron chi connectivity index (χ4n) is 5.32. The van der Waals surface area contributed by atoms with Crippen molar-refractivity contribution in [1.82, 2.24) is 4.90 Å². The minimum absolute atomic E-state index is 0.273. The van der Waals surface area contributed by atoms with Crippen molar-refractivity contribution in [2.75, 3.05) is 13.7 Å². The molecular weight excluding hydrogens is 414 g/mol. The van der Waals surface area contributed by atoms with Gasteiger partial charge in [-0.3, -0.25) is 4.90 Å². The Balaban J connectivity index is 1.17. The van der Waals surface area contributed by atoms with Crippen LogP contribution in [0, 0.1) is 12.8 Å².